The Balaban J connectivity index is 1.69. The minimum absolute atomic E-state index is 0.362. The summed E-state index contributed by atoms with van der Waals surface area (Å²) in [6.07, 6.45) is 1.06. The first-order valence-electron chi connectivity index (χ1n) is 11.0. The lowest BCUT2D eigenvalue weighted by atomic mass is 10.1. The molecular weight excluding hydrogens is 468 g/mol. The molecule has 3 aromatic carbocycles. The minimum atomic E-state index is -3.72. The number of benzene rings is 3. The maximum absolute atomic E-state index is 12.8. The average Bonchev–Trinajstić information content (AvgIpc) is 2.86. The predicted octanol–water partition coefficient (Wildman–Crippen LogP) is 3.93. The number of carbonyl (C=O) groups excluding carboxylic acids is 1. The second kappa shape index (κ2) is 11.6. The van der Waals surface area contributed by atoms with Crippen molar-refractivity contribution in [2.24, 2.45) is 0 Å². The fourth-order valence-corrected chi connectivity index (χ4v) is 4.38. The monoisotopic (exact) mass is 498 g/mol. The van der Waals surface area contributed by atoms with Gasteiger partial charge in [0.2, 0.25) is 15.9 Å². The van der Waals surface area contributed by atoms with Crippen LogP contribution in [-0.2, 0) is 21.4 Å². The summed E-state index contributed by atoms with van der Waals surface area (Å²) in [5.41, 5.74) is 2.10. The van der Waals surface area contributed by atoms with Gasteiger partial charge in [0.25, 0.3) is 0 Å². The summed E-state index contributed by atoms with van der Waals surface area (Å²) < 4.78 is 42.4. The van der Waals surface area contributed by atoms with Crippen LogP contribution in [0.2, 0.25) is 0 Å². The minimum Gasteiger partial charge on any atom is -0.497 e. The van der Waals surface area contributed by atoms with E-state index in [0.29, 0.717) is 35.1 Å². The van der Waals surface area contributed by atoms with Gasteiger partial charge in [0.05, 0.1) is 32.2 Å². The first-order valence-corrected chi connectivity index (χ1v) is 12.8. The molecule has 3 aromatic rings. The van der Waals surface area contributed by atoms with Crippen LogP contribution < -0.4 is 23.8 Å². The molecule has 0 saturated heterocycles. The number of anilines is 1. The van der Waals surface area contributed by atoms with Crippen molar-refractivity contribution in [2.45, 2.75) is 19.6 Å². The van der Waals surface area contributed by atoms with E-state index in [1.54, 1.807) is 63.6 Å². The molecule has 0 radical (unpaired) electrons. The molecule has 0 saturated carbocycles. The van der Waals surface area contributed by atoms with Gasteiger partial charge in [-0.1, -0.05) is 30.3 Å². The number of hydrogen-bond donors (Lipinski definition) is 1. The quantitative estimate of drug-likeness (QED) is 0.431. The molecule has 1 N–H and O–H groups in total. The molecule has 186 valence electrons. The zero-order valence-electron chi connectivity index (χ0n) is 20.2. The SMILES string of the molecule is COc1ccc(OC)c(C(C)NC(=O)CN(c2ccc(OCc3ccccc3)cc2)S(C)(=O)=O)c1. The molecule has 1 atom stereocenters. The molecular formula is C26H30N2O6S. The van der Waals surface area contributed by atoms with Crippen LogP contribution in [0.15, 0.2) is 72.8 Å². The molecule has 3 rings (SSSR count). The van der Waals surface area contributed by atoms with E-state index < -0.39 is 22.0 Å². The number of carbonyl (C=O) groups is 1. The van der Waals surface area contributed by atoms with Crippen LogP contribution in [0.4, 0.5) is 5.69 Å². The summed E-state index contributed by atoms with van der Waals surface area (Å²) >= 11 is 0. The van der Waals surface area contributed by atoms with Crippen molar-refractivity contribution in [3.8, 4) is 17.2 Å². The van der Waals surface area contributed by atoms with Crippen molar-refractivity contribution in [2.75, 3.05) is 31.3 Å². The number of nitrogens with zero attached hydrogens (tertiary/aromatic N) is 1. The first kappa shape index (κ1) is 25.9. The van der Waals surface area contributed by atoms with Crippen molar-refractivity contribution in [1.29, 1.82) is 0 Å². The Hall–Kier alpha value is -3.72. The van der Waals surface area contributed by atoms with Crippen LogP contribution in [0.3, 0.4) is 0 Å². The Bertz CT molecular complexity index is 1230. The third-order valence-electron chi connectivity index (χ3n) is 5.34. The van der Waals surface area contributed by atoms with Gasteiger partial charge in [0.15, 0.2) is 0 Å². The number of ether oxygens (including phenoxy) is 3. The third kappa shape index (κ3) is 7.13. The van der Waals surface area contributed by atoms with E-state index in [1.165, 1.54) is 0 Å². The number of methoxy groups -OCH3 is 2. The number of sulfonamides is 1. The van der Waals surface area contributed by atoms with Gasteiger partial charge in [0.1, 0.15) is 30.4 Å². The lowest BCUT2D eigenvalue weighted by molar-refractivity contribution is -0.120. The molecule has 0 spiro atoms. The highest BCUT2D eigenvalue weighted by Gasteiger charge is 2.23. The van der Waals surface area contributed by atoms with Crippen LogP contribution in [0.1, 0.15) is 24.1 Å². The van der Waals surface area contributed by atoms with Crippen LogP contribution in [0.25, 0.3) is 0 Å². The highest BCUT2D eigenvalue weighted by atomic mass is 32.2. The van der Waals surface area contributed by atoms with E-state index in [0.717, 1.165) is 16.1 Å². The van der Waals surface area contributed by atoms with E-state index in [-0.39, 0.29) is 6.54 Å². The van der Waals surface area contributed by atoms with Gasteiger partial charge < -0.3 is 19.5 Å². The molecule has 8 nitrogen and oxygen atoms in total. The van der Waals surface area contributed by atoms with E-state index in [9.17, 15) is 13.2 Å². The molecule has 0 aliphatic heterocycles. The predicted molar refractivity (Wildman–Crippen MR) is 136 cm³/mol. The second-order valence-electron chi connectivity index (χ2n) is 7.93. The molecule has 0 aliphatic carbocycles. The first-order chi connectivity index (χ1) is 16.7. The molecule has 1 unspecified atom stereocenters. The molecule has 1 amide bonds. The highest BCUT2D eigenvalue weighted by molar-refractivity contribution is 7.92. The lowest BCUT2D eigenvalue weighted by Gasteiger charge is -2.24. The van der Waals surface area contributed by atoms with Crippen molar-refractivity contribution < 1.29 is 27.4 Å². The summed E-state index contributed by atoms with van der Waals surface area (Å²) in [6.45, 7) is 1.81. The Kier molecular flexibility index (Phi) is 8.59. The zero-order chi connectivity index (χ0) is 25.4. The van der Waals surface area contributed by atoms with Crippen molar-refractivity contribution in [1.82, 2.24) is 5.32 Å². The Labute approximate surface area is 206 Å². The molecule has 0 aliphatic rings. The fraction of sp³-hybridized carbons (Fsp3) is 0.269. The molecule has 9 heteroatoms. The van der Waals surface area contributed by atoms with Crippen molar-refractivity contribution >= 4 is 21.6 Å². The topological polar surface area (TPSA) is 94.2 Å². The standard InChI is InChI=1S/C26H30N2O6S/c1-19(24-16-23(32-2)14-15-25(24)33-3)27-26(29)17-28(35(4,30)31)21-10-12-22(13-11-21)34-18-20-8-6-5-7-9-20/h5-16,19H,17-18H2,1-4H3,(H,27,29). The van der Waals surface area contributed by atoms with Crippen LogP contribution in [-0.4, -0.2) is 41.3 Å². The van der Waals surface area contributed by atoms with Gasteiger partial charge in [-0.15, -0.1) is 0 Å². The third-order valence-corrected chi connectivity index (χ3v) is 6.48. The lowest BCUT2D eigenvalue weighted by Crippen LogP contribution is -2.41. The molecule has 35 heavy (non-hydrogen) atoms. The van der Waals surface area contributed by atoms with Crippen LogP contribution in [0.5, 0.6) is 17.2 Å². The fourth-order valence-electron chi connectivity index (χ4n) is 3.52. The zero-order valence-corrected chi connectivity index (χ0v) is 21.0. The van der Waals surface area contributed by atoms with Gasteiger partial charge >= 0.3 is 0 Å². The smallest absolute Gasteiger partial charge is 0.241 e. The molecule has 0 aromatic heterocycles. The second-order valence-corrected chi connectivity index (χ2v) is 9.84. The van der Waals surface area contributed by atoms with Crippen molar-refractivity contribution in [3.63, 3.8) is 0 Å². The summed E-state index contributed by atoms with van der Waals surface area (Å²) in [5.74, 6) is 1.34. The van der Waals surface area contributed by atoms with Gasteiger partial charge in [-0.25, -0.2) is 8.42 Å². The number of rotatable bonds is 11. The van der Waals surface area contributed by atoms with E-state index in [4.69, 9.17) is 14.2 Å². The van der Waals surface area contributed by atoms with E-state index in [2.05, 4.69) is 5.32 Å². The number of hydrogen-bond acceptors (Lipinski definition) is 6. The van der Waals surface area contributed by atoms with Crippen molar-refractivity contribution in [3.05, 3.63) is 83.9 Å². The average molecular weight is 499 g/mol. The summed E-state index contributed by atoms with van der Waals surface area (Å²) in [6, 6.07) is 21.1. The van der Waals surface area contributed by atoms with Crippen LogP contribution >= 0.6 is 0 Å². The highest BCUT2D eigenvalue weighted by Crippen LogP contribution is 2.29. The van der Waals surface area contributed by atoms with Gasteiger partial charge in [0, 0.05) is 5.56 Å². The maximum Gasteiger partial charge on any atom is 0.241 e. The van der Waals surface area contributed by atoms with Crippen LogP contribution in [0, 0.1) is 0 Å². The summed E-state index contributed by atoms with van der Waals surface area (Å²) in [7, 11) is -0.626. The van der Waals surface area contributed by atoms with Gasteiger partial charge in [-0.05, 0) is 55.0 Å². The molecule has 0 fully saturated rings. The molecule has 0 heterocycles. The summed E-state index contributed by atoms with van der Waals surface area (Å²) in [5, 5.41) is 2.84. The largest absolute Gasteiger partial charge is 0.497 e. The Morgan fingerprint density at radius 3 is 2.20 bits per heavy atom. The Morgan fingerprint density at radius 1 is 0.943 bits per heavy atom. The van der Waals surface area contributed by atoms with E-state index >= 15 is 0 Å². The van der Waals surface area contributed by atoms with Gasteiger partial charge in [-0.3, -0.25) is 9.10 Å². The number of nitrogens with one attached hydrogen (secondary N) is 1. The normalized spacial score (nSPS) is 11.9. The van der Waals surface area contributed by atoms with Gasteiger partial charge in [-0.2, -0.15) is 0 Å². The van der Waals surface area contributed by atoms with E-state index in [1.807, 2.05) is 30.3 Å². The molecule has 0 bridgehead atoms. The Morgan fingerprint density at radius 2 is 1.60 bits per heavy atom. The summed E-state index contributed by atoms with van der Waals surface area (Å²) in [4.78, 5) is 12.8. The number of amides is 1. The maximum atomic E-state index is 12.8.